The first kappa shape index (κ1) is 21.8. The minimum absolute atomic E-state index is 0.0344. The Morgan fingerprint density at radius 2 is 1.73 bits per heavy atom. The van der Waals surface area contributed by atoms with Crippen LogP contribution in [0, 0.1) is 12.7 Å². The van der Waals surface area contributed by atoms with E-state index in [4.69, 9.17) is 0 Å². The molecule has 1 unspecified atom stereocenters. The second-order valence-corrected chi connectivity index (χ2v) is 9.27. The molecule has 2 heterocycles. The van der Waals surface area contributed by atoms with E-state index in [1.165, 1.54) is 30.7 Å². The largest absolute Gasteiger partial charge is 0.368 e. The van der Waals surface area contributed by atoms with E-state index in [1.807, 2.05) is 13.0 Å². The number of nitrogens with zero attached hydrogens (tertiary/aromatic N) is 3. The van der Waals surface area contributed by atoms with Gasteiger partial charge < -0.3 is 10.2 Å². The standard InChI is InChI=1S/C27H31FN4O/c1-19-18-25(23-8-4-5-9-24(23)29-19)31-14-16-32(17-15-31)26(20-10-12-21(28)13-11-20)27(33)30-22-6-2-3-7-22/h4-5,8-13,18,22,26H,2-3,6-7,14-17H2,1H3,(H,30,33). The molecule has 0 spiro atoms. The third-order valence-electron chi connectivity index (χ3n) is 6.98. The molecule has 1 N–H and O–H groups in total. The number of carbonyl (C=O) groups is 1. The van der Waals surface area contributed by atoms with Gasteiger partial charge in [0, 0.05) is 49.0 Å². The summed E-state index contributed by atoms with van der Waals surface area (Å²) in [5.41, 5.74) is 4.07. The van der Waals surface area contributed by atoms with Crippen molar-refractivity contribution in [3.05, 3.63) is 71.7 Å². The number of carbonyl (C=O) groups excluding carboxylic acids is 1. The van der Waals surface area contributed by atoms with Crippen LogP contribution in [0.4, 0.5) is 10.1 Å². The first-order valence-corrected chi connectivity index (χ1v) is 12.0. The zero-order valence-electron chi connectivity index (χ0n) is 19.1. The van der Waals surface area contributed by atoms with Crippen LogP contribution >= 0.6 is 0 Å². The van der Waals surface area contributed by atoms with Gasteiger partial charge >= 0.3 is 0 Å². The van der Waals surface area contributed by atoms with Gasteiger partial charge in [0.15, 0.2) is 0 Å². The molecule has 0 bridgehead atoms. The van der Waals surface area contributed by atoms with Crippen LogP contribution < -0.4 is 10.2 Å². The van der Waals surface area contributed by atoms with Gasteiger partial charge in [-0.2, -0.15) is 0 Å². The molecule has 2 fully saturated rings. The molecule has 1 saturated carbocycles. The topological polar surface area (TPSA) is 48.5 Å². The van der Waals surface area contributed by atoms with Crippen molar-refractivity contribution in [1.82, 2.24) is 15.2 Å². The smallest absolute Gasteiger partial charge is 0.242 e. The maximum Gasteiger partial charge on any atom is 0.242 e. The quantitative estimate of drug-likeness (QED) is 0.622. The third-order valence-corrected chi connectivity index (χ3v) is 6.98. The Morgan fingerprint density at radius 3 is 2.45 bits per heavy atom. The molecule has 1 aromatic heterocycles. The Morgan fingerprint density at radius 1 is 1.03 bits per heavy atom. The van der Waals surface area contributed by atoms with Crippen LogP contribution in [0.25, 0.3) is 10.9 Å². The summed E-state index contributed by atoms with van der Waals surface area (Å²) >= 11 is 0. The highest BCUT2D eigenvalue weighted by Gasteiger charge is 2.32. The number of hydrogen-bond donors (Lipinski definition) is 1. The molecule has 5 nitrogen and oxygen atoms in total. The van der Waals surface area contributed by atoms with Crippen LogP contribution in [-0.4, -0.2) is 48.0 Å². The zero-order chi connectivity index (χ0) is 22.8. The summed E-state index contributed by atoms with van der Waals surface area (Å²) in [6.45, 7) is 5.19. The van der Waals surface area contributed by atoms with Crippen molar-refractivity contribution < 1.29 is 9.18 Å². The van der Waals surface area contributed by atoms with Crippen LogP contribution in [0.15, 0.2) is 54.6 Å². The van der Waals surface area contributed by atoms with Crippen molar-refractivity contribution in [2.75, 3.05) is 31.1 Å². The molecule has 33 heavy (non-hydrogen) atoms. The number of aromatic nitrogens is 1. The van der Waals surface area contributed by atoms with Crippen molar-refractivity contribution >= 4 is 22.5 Å². The molecule has 1 saturated heterocycles. The van der Waals surface area contributed by atoms with Gasteiger partial charge in [-0.25, -0.2) is 4.39 Å². The summed E-state index contributed by atoms with van der Waals surface area (Å²) in [6.07, 6.45) is 4.43. The number of fused-ring (bicyclic) bond motifs is 1. The fourth-order valence-electron chi connectivity index (χ4n) is 5.29. The lowest BCUT2D eigenvalue weighted by molar-refractivity contribution is -0.127. The molecule has 2 aliphatic rings. The predicted molar refractivity (Wildman–Crippen MR) is 130 cm³/mol. The number of aryl methyl sites for hydroxylation is 1. The second kappa shape index (κ2) is 9.48. The normalized spacial score (nSPS) is 18.5. The number of nitrogens with one attached hydrogen (secondary N) is 1. The van der Waals surface area contributed by atoms with E-state index in [2.05, 4.69) is 44.4 Å². The van der Waals surface area contributed by atoms with Crippen LogP contribution in [0.1, 0.15) is 43.0 Å². The monoisotopic (exact) mass is 446 g/mol. The molecule has 1 amide bonds. The average molecular weight is 447 g/mol. The van der Waals surface area contributed by atoms with Gasteiger partial charge in [-0.05, 0) is 49.6 Å². The van der Waals surface area contributed by atoms with Gasteiger partial charge in [0.05, 0.1) is 5.52 Å². The molecule has 1 aliphatic carbocycles. The molecule has 172 valence electrons. The Labute approximate surface area is 194 Å². The van der Waals surface area contributed by atoms with Gasteiger partial charge in [-0.1, -0.05) is 43.2 Å². The van der Waals surface area contributed by atoms with E-state index in [0.29, 0.717) is 0 Å². The van der Waals surface area contributed by atoms with E-state index < -0.39 is 6.04 Å². The van der Waals surface area contributed by atoms with Gasteiger partial charge in [0.1, 0.15) is 11.9 Å². The number of piperazine rings is 1. The maximum atomic E-state index is 13.6. The third kappa shape index (κ3) is 4.71. The number of anilines is 1. The molecule has 3 aromatic rings. The molecular formula is C27H31FN4O. The zero-order valence-corrected chi connectivity index (χ0v) is 19.1. The summed E-state index contributed by atoms with van der Waals surface area (Å²) < 4.78 is 13.6. The lowest BCUT2D eigenvalue weighted by atomic mass is 10.0. The fourth-order valence-corrected chi connectivity index (χ4v) is 5.29. The number of hydrogen-bond acceptors (Lipinski definition) is 4. The first-order valence-electron chi connectivity index (χ1n) is 12.0. The summed E-state index contributed by atoms with van der Waals surface area (Å²) in [6, 6.07) is 16.7. The molecule has 6 heteroatoms. The van der Waals surface area contributed by atoms with Gasteiger partial charge in [-0.3, -0.25) is 14.7 Å². The molecule has 1 aliphatic heterocycles. The van der Waals surface area contributed by atoms with Crippen LogP contribution in [0.3, 0.4) is 0 Å². The van der Waals surface area contributed by atoms with E-state index in [-0.39, 0.29) is 17.8 Å². The highest BCUT2D eigenvalue weighted by atomic mass is 19.1. The van der Waals surface area contributed by atoms with Crippen molar-refractivity contribution in [1.29, 1.82) is 0 Å². The van der Waals surface area contributed by atoms with E-state index in [9.17, 15) is 9.18 Å². The fraction of sp³-hybridized carbons (Fsp3) is 0.407. The van der Waals surface area contributed by atoms with E-state index >= 15 is 0 Å². The Balaban J connectivity index is 1.36. The Hall–Kier alpha value is -2.99. The van der Waals surface area contributed by atoms with Gasteiger partial charge in [-0.15, -0.1) is 0 Å². The summed E-state index contributed by atoms with van der Waals surface area (Å²) in [4.78, 5) is 22.7. The number of amides is 1. The molecule has 0 radical (unpaired) electrons. The van der Waals surface area contributed by atoms with Crippen molar-refractivity contribution in [3.8, 4) is 0 Å². The van der Waals surface area contributed by atoms with Crippen molar-refractivity contribution in [3.63, 3.8) is 0 Å². The Kier molecular flexibility index (Phi) is 6.27. The highest BCUT2D eigenvalue weighted by molar-refractivity contribution is 5.92. The summed E-state index contributed by atoms with van der Waals surface area (Å²) in [5.74, 6) is -0.245. The highest BCUT2D eigenvalue weighted by Crippen LogP contribution is 2.30. The van der Waals surface area contributed by atoms with Gasteiger partial charge in [0.25, 0.3) is 0 Å². The molecule has 2 aromatic carbocycles. The molecular weight excluding hydrogens is 415 g/mol. The number of pyridine rings is 1. The van der Waals surface area contributed by atoms with Crippen molar-refractivity contribution in [2.45, 2.75) is 44.7 Å². The summed E-state index contributed by atoms with van der Waals surface area (Å²) in [5, 5.41) is 4.43. The molecule has 1 atom stereocenters. The lowest BCUT2D eigenvalue weighted by Gasteiger charge is -2.40. The predicted octanol–water partition coefficient (Wildman–Crippen LogP) is 4.60. The average Bonchev–Trinajstić information content (AvgIpc) is 3.33. The minimum atomic E-state index is -0.399. The molecule has 5 rings (SSSR count). The maximum absolute atomic E-state index is 13.6. The SMILES string of the molecule is Cc1cc(N2CCN(C(C(=O)NC3CCCC3)c3ccc(F)cc3)CC2)c2ccccc2n1. The van der Waals surface area contributed by atoms with Crippen LogP contribution in [-0.2, 0) is 4.79 Å². The van der Waals surface area contributed by atoms with E-state index in [1.54, 1.807) is 12.1 Å². The number of rotatable bonds is 5. The number of benzene rings is 2. The number of halogens is 1. The lowest BCUT2D eigenvalue weighted by Crippen LogP contribution is -2.52. The first-order chi connectivity index (χ1) is 16.1. The van der Waals surface area contributed by atoms with Crippen LogP contribution in [0.2, 0.25) is 0 Å². The van der Waals surface area contributed by atoms with Gasteiger partial charge in [0.2, 0.25) is 5.91 Å². The minimum Gasteiger partial charge on any atom is -0.368 e. The van der Waals surface area contributed by atoms with Crippen LogP contribution in [0.5, 0.6) is 0 Å². The van der Waals surface area contributed by atoms with Crippen molar-refractivity contribution in [2.24, 2.45) is 0 Å². The summed E-state index contributed by atoms with van der Waals surface area (Å²) in [7, 11) is 0. The number of para-hydroxylation sites is 1. The van der Waals surface area contributed by atoms with E-state index in [0.717, 1.165) is 61.2 Å². The Bertz CT molecular complexity index is 1120. The second-order valence-electron chi connectivity index (χ2n) is 9.27.